The SMILES string of the molecule is CCC(C(=O)n1cc(C(=O)OC)c2ccccc21)N(c1cc(C)cc(C)c1)S(C)(=O)=O. The molecule has 0 bridgehead atoms. The number of methoxy groups -OCH3 is 1. The highest BCUT2D eigenvalue weighted by atomic mass is 32.2. The zero-order valence-electron chi connectivity index (χ0n) is 18.2. The van der Waals surface area contributed by atoms with Crippen LogP contribution in [-0.4, -0.2) is 44.3 Å². The van der Waals surface area contributed by atoms with Gasteiger partial charge in [0, 0.05) is 11.6 Å². The third-order valence-electron chi connectivity index (χ3n) is 5.13. The molecule has 0 radical (unpaired) electrons. The number of hydrogen-bond donors (Lipinski definition) is 0. The van der Waals surface area contributed by atoms with Gasteiger partial charge in [-0.2, -0.15) is 0 Å². The van der Waals surface area contributed by atoms with E-state index < -0.39 is 27.9 Å². The number of esters is 1. The summed E-state index contributed by atoms with van der Waals surface area (Å²) >= 11 is 0. The summed E-state index contributed by atoms with van der Waals surface area (Å²) in [6.07, 6.45) is 2.76. The molecule has 0 aliphatic heterocycles. The molecule has 1 heterocycles. The molecule has 3 aromatic rings. The van der Waals surface area contributed by atoms with Crippen molar-refractivity contribution in [2.45, 2.75) is 33.2 Å². The Morgan fingerprint density at radius 2 is 1.71 bits per heavy atom. The molecule has 0 fully saturated rings. The number of fused-ring (bicyclic) bond motifs is 1. The molecule has 3 rings (SSSR count). The molecule has 0 aliphatic carbocycles. The van der Waals surface area contributed by atoms with Crippen LogP contribution in [0.1, 0.15) is 39.6 Å². The summed E-state index contributed by atoms with van der Waals surface area (Å²) in [6.45, 7) is 5.51. The van der Waals surface area contributed by atoms with Gasteiger partial charge in [0.1, 0.15) is 6.04 Å². The van der Waals surface area contributed by atoms with Crippen molar-refractivity contribution in [3.63, 3.8) is 0 Å². The molecule has 0 saturated carbocycles. The first-order valence-electron chi connectivity index (χ1n) is 9.88. The molecule has 0 amide bonds. The van der Waals surface area contributed by atoms with Crippen LogP contribution in [0.15, 0.2) is 48.7 Å². The van der Waals surface area contributed by atoms with Crippen LogP contribution in [0.4, 0.5) is 5.69 Å². The first kappa shape index (κ1) is 22.6. The number of aromatic nitrogens is 1. The van der Waals surface area contributed by atoms with Gasteiger partial charge in [-0.1, -0.05) is 31.2 Å². The molecule has 1 atom stereocenters. The van der Waals surface area contributed by atoms with Crippen molar-refractivity contribution in [3.8, 4) is 0 Å². The lowest BCUT2D eigenvalue weighted by atomic mass is 10.1. The number of hydrogen-bond acceptors (Lipinski definition) is 5. The minimum Gasteiger partial charge on any atom is -0.465 e. The van der Waals surface area contributed by atoms with Crippen LogP contribution in [0, 0.1) is 13.8 Å². The van der Waals surface area contributed by atoms with Crippen LogP contribution in [0.5, 0.6) is 0 Å². The number of sulfonamides is 1. The van der Waals surface area contributed by atoms with Gasteiger partial charge in [-0.3, -0.25) is 13.7 Å². The first-order valence-corrected chi connectivity index (χ1v) is 11.7. The van der Waals surface area contributed by atoms with E-state index in [9.17, 15) is 18.0 Å². The Morgan fingerprint density at radius 1 is 1.10 bits per heavy atom. The largest absolute Gasteiger partial charge is 0.465 e. The molecule has 164 valence electrons. The minimum atomic E-state index is -3.78. The maximum absolute atomic E-state index is 13.7. The number of anilines is 1. The molecule has 0 saturated heterocycles. The smallest absolute Gasteiger partial charge is 0.340 e. The van der Waals surface area contributed by atoms with Gasteiger partial charge in [0.15, 0.2) is 0 Å². The predicted molar refractivity (Wildman–Crippen MR) is 121 cm³/mol. The van der Waals surface area contributed by atoms with E-state index in [2.05, 4.69) is 0 Å². The van der Waals surface area contributed by atoms with Gasteiger partial charge in [-0.05, 0) is 49.6 Å². The second kappa shape index (κ2) is 8.55. The van der Waals surface area contributed by atoms with Gasteiger partial charge < -0.3 is 4.74 Å². The van der Waals surface area contributed by atoms with Crippen molar-refractivity contribution in [2.75, 3.05) is 17.7 Å². The summed E-state index contributed by atoms with van der Waals surface area (Å²) in [4.78, 5) is 25.9. The van der Waals surface area contributed by atoms with Gasteiger partial charge in [-0.25, -0.2) is 13.2 Å². The number of aryl methyl sites for hydroxylation is 2. The van der Waals surface area contributed by atoms with Crippen molar-refractivity contribution >= 4 is 38.5 Å². The lowest BCUT2D eigenvalue weighted by Crippen LogP contribution is -2.46. The molecule has 0 N–H and O–H groups in total. The fraction of sp³-hybridized carbons (Fsp3) is 0.304. The average molecular weight is 443 g/mol. The molecule has 8 heteroatoms. The summed E-state index contributed by atoms with van der Waals surface area (Å²) in [5.41, 5.74) is 2.99. The lowest BCUT2D eigenvalue weighted by Gasteiger charge is -2.30. The van der Waals surface area contributed by atoms with Gasteiger partial charge >= 0.3 is 5.97 Å². The highest BCUT2D eigenvalue weighted by Crippen LogP contribution is 2.28. The summed E-state index contributed by atoms with van der Waals surface area (Å²) < 4.78 is 33.0. The Kier molecular flexibility index (Phi) is 6.22. The Hall–Kier alpha value is -3.13. The number of nitrogens with zero attached hydrogens (tertiary/aromatic N) is 2. The lowest BCUT2D eigenvalue weighted by molar-refractivity contribution is 0.0603. The normalized spacial score (nSPS) is 12.5. The van der Waals surface area contributed by atoms with Crippen LogP contribution in [0.25, 0.3) is 10.9 Å². The van der Waals surface area contributed by atoms with Crippen LogP contribution < -0.4 is 4.31 Å². The van der Waals surface area contributed by atoms with Crippen molar-refractivity contribution in [1.29, 1.82) is 0 Å². The molecule has 1 unspecified atom stereocenters. The van der Waals surface area contributed by atoms with Crippen molar-refractivity contribution < 1.29 is 22.7 Å². The summed E-state index contributed by atoms with van der Waals surface area (Å²) in [7, 11) is -2.50. The third kappa shape index (κ3) is 4.34. The average Bonchev–Trinajstić information content (AvgIpc) is 3.08. The van der Waals surface area contributed by atoms with Gasteiger partial charge in [0.25, 0.3) is 5.91 Å². The van der Waals surface area contributed by atoms with E-state index >= 15 is 0 Å². The van der Waals surface area contributed by atoms with Gasteiger partial charge in [0.05, 0.1) is 30.1 Å². The van der Waals surface area contributed by atoms with Crippen molar-refractivity contribution in [1.82, 2.24) is 4.57 Å². The number of benzene rings is 2. The van der Waals surface area contributed by atoms with Crippen LogP contribution in [0.2, 0.25) is 0 Å². The molecule has 0 spiro atoms. The Bertz CT molecular complexity index is 1240. The minimum absolute atomic E-state index is 0.249. The molecule has 7 nitrogen and oxygen atoms in total. The standard InChI is InChI=1S/C23H26N2O5S/c1-6-20(25(31(5,28)29)17-12-15(2)11-16(3)13-17)22(26)24-14-19(23(27)30-4)18-9-7-8-10-21(18)24/h7-14,20H,6H2,1-5H3. The second-order valence-electron chi connectivity index (χ2n) is 7.59. The monoisotopic (exact) mass is 442 g/mol. The van der Waals surface area contributed by atoms with E-state index in [-0.39, 0.29) is 12.0 Å². The molecule has 31 heavy (non-hydrogen) atoms. The Balaban J connectivity index is 2.19. The Labute approximate surface area is 182 Å². The number of carbonyl (C=O) groups excluding carboxylic acids is 2. The van der Waals surface area contributed by atoms with Gasteiger partial charge in [0.2, 0.25) is 10.0 Å². The van der Waals surface area contributed by atoms with Crippen molar-refractivity contribution in [2.24, 2.45) is 0 Å². The maximum atomic E-state index is 13.7. The molecule has 2 aromatic carbocycles. The fourth-order valence-electron chi connectivity index (χ4n) is 3.92. The van der Waals surface area contributed by atoms with Crippen LogP contribution >= 0.6 is 0 Å². The topological polar surface area (TPSA) is 85.7 Å². The number of rotatable bonds is 6. The van der Waals surface area contributed by atoms with E-state index in [1.165, 1.54) is 22.2 Å². The van der Waals surface area contributed by atoms with Crippen molar-refractivity contribution in [3.05, 3.63) is 65.4 Å². The quantitative estimate of drug-likeness (QED) is 0.540. The first-order chi connectivity index (χ1) is 14.6. The fourth-order valence-corrected chi connectivity index (χ4v) is 5.11. The van der Waals surface area contributed by atoms with E-state index in [1.807, 2.05) is 19.9 Å². The molecular weight excluding hydrogens is 416 g/mol. The number of carbonyl (C=O) groups is 2. The van der Waals surface area contributed by atoms with Crippen LogP contribution in [0.3, 0.4) is 0 Å². The van der Waals surface area contributed by atoms with Gasteiger partial charge in [-0.15, -0.1) is 0 Å². The van der Waals surface area contributed by atoms with E-state index in [0.717, 1.165) is 17.4 Å². The molecular formula is C23H26N2O5S. The highest BCUT2D eigenvalue weighted by Gasteiger charge is 2.34. The predicted octanol–water partition coefficient (Wildman–Crippen LogP) is 3.93. The summed E-state index contributed by atoms with van der Waals surface area (Å²) in [5.74, 6) is -1.01. The maximum Gasteiger partial charge on any atom is 0.340 e. The van der Waals surface area contributed by atoms with E-state index in [1.54, 1.807) is 43.3 Å². The Morgan fingerprint density at radius 3 is 2.26 bits per heavy atom. The van der Waals surface area contributed by atoms with E-state index in [0.29, 0.717) is 16.6 Å². The number of para-hydroxylation sites is 1. The summed E-state index contributed by atoms with van der Waals surface area (Å²) in [6, 6.07) is 11.4. The molecule has 1 aromatic heterocycles. The van der Waals surface area contributed by atoms with Crippen LogP contribution in [-0.2, 0) is 14.8 Å². The summed E-state index contributed by atoms with van der Waals surface area (Å²) in [5, 5.41) is 0.565. The van der Waals surface area contributed by atoms with E-state index in [4.69, 9.17) is 4.74 Å². The zero-order valence-corrected chi connectivity index (χ0v) is 19.1. The molecule has 0 aliphatic rings. The second-order valence-corrected chi connectivity index (χ2v) is 9.45. The number of ether oxygens (including phenoxy) is 1. The third-order valence-corrected chi connectivity index (χ3v) is 6.31. The highest BCUT2D eigenvalue weighted by molar-refractivity contribution is 7.92. The zero-order chi connectivity index (χ0) is 22.9.